The number of amides is 1. The molecule has 4 aromatic rings. The molecule has 1 amide bonds. The van der Waals surface area contributed by atoms with Crippen molar-refractivity contribution in [2.45, 2.75) is 13.8 Å². The summed E-state index contributed by atoms with van der Waals surface area (Å²) >= 11 is 13.4. The standard InChI is InChI=1S/C21H16Cl2N4OS/c1-12-3-6-15(13(2)9-12)18-11-29-21-25-20(26-27(18)21)24-19(28)8-5-14-4-7-16(22)17(23)10-14/h3-11H,1-2H3,(H,24,26,28)/b8-5+. The van der Waals surface area contributed by atoms with Crippen molar-refractivity contribution in [1.82, 2.24) is 14.6 Å². The molecule has 0 fully saturated rings. The Hall–Kier alpha value is -2.67. The topological polar surface area (TPSA) is 59.3 Å². The molecule has 146 valence electrons. The summed E-state index contributed by atoms with van der Waals surface area (Å²) in [6.07, 6.45) is 3.05. The molecule has 1 N–H and O–H groups in total. The summed E-state index contributed by atoms with van der Waals surface area (Å²) in [5.41, 5.74) is 5.17. The number of nitrogens with zero attached hydrogens (tertiary/aromatic N) is 3. The van der Waals surface area contributed by atoms with E-state index in [1.54, 1.807) is 28.8 Å². The molecule has 8 heteroatoms. The van der Waals surface area contributed by atoms with E-state index >= 15 is 0 Å². The third kappa shape index (κ3) is 4.19. The van der Waals surface area contributed by atoms with Crippen molar-refractivity contribution in [2.24, 2.45) is 0 Å². The Morgan fingerprint density at radius 3 is 2.72 bits per heavy atom. The van der Waals surface area contributed by atoms with Crippen molar-refractivity contribution in [3.05, 3.63) is 74.6 Å². The third-order valence-electron chi connectivity index (χ3n) is 4.35. The largest absolute Gasteiger partial charge is 0.290 e. The zero-order valence-corrected chi connectivity index (χ0v) is 17.9. The summed E-state index contributed by atoms with van der Waals surface area (Å²) in [6.45, 7) is 4.13. The minimum atomic E-state index is -0.331. The minimum Gasteiger partial charge on any atom is -0.290 e. The molecule has 0 saturated carbocycles. The van der Waals surface area contributed by atoms with Gasteiger partial charge in [-0.2, -0.15) is 4.98 Å². The Balaban J connectivity index is 1.54. The molecule has 0 aliphatic carbocycles. The number of rotatable bonds is 4. The van der Waals surface area contributed by atoms with Crippen LogP contribution in [-0.4, -0.2) is 20.5 Å². The van der Waals surface area contributed by atoms with Crippen LogP contribution in [0.3, 0.4) is 0 Å². The molecule has 29 heavy (non-hydrogen) atoms. The molecule has 0 unspecified atom stereocenters. The SMILES string of the molecule is Cc1ccc(-c2csc3nc(NC(=O)/C=C/c4ccc(Cl)c(Cl)c4)nn23)c(C)c1. The third-order valence-corrected chi connectivity index (χ3v) is 5.90. The monoisotopic (exact) mass is 442 g/mol. The highest BCUT2D eigenvalue weighted by Crippen LogP contribution is 2.29. The zero-order valence-electron chi connectivity index (χ0n) is 15.6. The Morgan fingerprint density at radius 1 is 1.14 bits per heavy atom. The van der Waals surface area contributed by atoms with Crippen LogP contribution in [-0.2, 0) is 4.79 Å². The number of carbonyl (C=O) groups excluding carboxylic acids is 1. The zero-order chi connectivity index (χ0) is 20.5. The fourth-order valence-corrected chi connectivity index (χ4v) is 4.09. The quantitative estimate of drug-likeness (QED) is 0.392. The van der Waals surface area contributed by atoms with Gasteiger partial charge in [0, 0.05) is 17.0 Å². The van der Waals surface area contributed by atoms with Gasteiger partial charge in [0.15, 0.2) is 0 Å². The van der Waals surface area contributed by atoms with Crippen LogP contribution in [0.4, 0.5) is 5.95 Å². The van der Waals surface area contributed by atoms with Crippen LogP contribution in [0, 0.1) is 13.8 Å². The number of thiazole rings is 1. The molecule has 0 aliphatic heterocycles. The van der Waals surface area contributed by atoms with Crippen molar-refractivity contribution >= 4 is 57.4 Å². The van der Waals surface area contributed by atoms with Crippen LogP contribution in [0.1, 0.15) is 16.7 Å². The van der Waals surface area contributed by atoms with Gasteiger partial charge in [-0.3, -0.25) is 10.1 Å². The predicted molar refractivity (Wildman–Crippen MR) is 120 cm³/mol. The maximum Gasteiger partial charge on any atom is 0.250 e. The average molecular weight is 443 g/mol. The number of benzene rings is 2. The van der Waals surface area contributed by atoms with Crippen molar-refractivity contribution in [3.63, 3.8) is 0 Å². The van der Waals surface area contributed by atoms with E-state index in [0.717, 1.165) is 22.4 Å². The number of hydrogen-bond donors (Lipinski definition) is 1. The lowest BCUT2D eigenvalue weighted by atomic mass is 10.0. The number of halogens is 2. The van der Waals surface area contributed by atoms with Crippen LogP contribution in [0.2, 0.25) is 10.0 Å². The summed E-state index contributed by atoms with van der Waals surface area (Å²) in [5, 5.41) is 10.1. The van der Waals surface area contributed by atoms with Gasteiger partial charge in [0.1, 0.15) is 0 Å². The van der Waals surface area contributed by atoms with E-state index in [0.29, 0.717) is 15.0 Å². The number of anilines is 1. The van der Waals surface area contributed by atoms with Crippen LogP contribution in [0.25, 0.3) is 22.3 Å². The second-order valence-corrected chi connectivity index (χ2v) is 8.22. The minimum absolute atomic E-state index is 0.256. The fourth-order valence-electron chi connectivity index (χ4n) is 2.96. The lowest BCUT2D eigenvalue weighted by Gasteiger charge is -2.05. The summed E-state index contributed by atoms with van der Waals surface area (Å²) in [6, 6.07) is 11.4. The molecule has 2 aromatic carbocycles. The number of aryl methyl sites for hydroxylation is 2. The van der Waals surface area contributed by atoms with Crippen molar-refractivity contribution in [1.29, 1.82) is 0 Å². The first-order chi connectivity index (χ1) is 13.9. The van der Waals surface area contributed by atoms with Crippen molar-refractivity contribution in [2.75, 3.05) is 5.32 Å². The normalized spacial score (nSPS) is 11.4. The van der Waals surface area contributed by atoms with Crippen LogP contribution >= 0.6 is 34.5 Å². The maximum absolute atomic E-state index is 12.2. The first-order valence-electron chi connectivity index (χ1n) is 8.77. The number of carbonyl (C=O) groups is 1. The predicted octanol–water partition coefficient (Wildman–Crippen LogP) is 6.03. The van der Waals surface area contributed by atoms with E-state index in [-0.39, 0.29) is 11.9 Å². The molecule has 0 aliphatic rings. The highest BCUT2D eigenvalue weighted by atomic mass is 35.5. The van der Waals surface area contributed by atoms with Gasteiger partial charge in [-0.1, -0.05) is 53.0 Å². The molecule has 2 heterocycles. The Bertz CT molecular complexity index is 1260. The second kappa shape index (κ2) is 7.99. The molecule has 0 atom stereocenters. The first kappa shape index (κ1) is 19.6. The van der Waals surface area contributed by atoms with Crippen molar-refractivity contribution in [3.8, 4) is 11.3 Å². The molecule has 0 radical (unpaired) electrons. The van der Waals surface area contributed by atoms with Crippen LogP contribution in [0.5, 0.6) is 0 Å². The molecule has 0 spiro atoms. The number of hydrogen-bond acceptors (Lipinski definition) is 4. The highest BCUT2D eigenvalue weighted by Gasteiger charge is 2.14. The molecule has 2 aromatic heterocycles. The highest BCUT2D eigenvalue weighted by molar-refractivity contribution is 7.15. The first-order valence-corrected chi connectivity index (χ1v) is 10.4. The lowest BCUT2D eigenvalue weighted by molar-refractivity contribution is -0.111. The lowest BCUT2D eigenvalue weighted by Crippen LogP contribution is -2.09. The number of fused-ring (bicyclic) bond motifs is 1. The van der Waals surface area contributed by atoms with Gasteiger partial charge in [-0.05, 0) is 43.2 Å². The van der Waals surface area contributed by atoms with Gasteiger partial charge in [-0.25, -0.2) is 4.52 Å². The van der Waals surface area contributed by atoms with E-state index in [1.807, 2.05) is 5.38 Å². The fraction of sp³-hybridized carbons (Fsp3) is 0.0952. The van der Waals surface area contributed by atoms with Gasteiger partial charge >= 0.3 is 0 Å². The molecule has 5 nitrogen and oxygen atoms in total. The van der Waals surface area contributed by atoms with Crippen LogP contribution < -0.4 is 5.32 Å². The van der Waals surface area contributed by atoms with Gasteiger partial charge in [0.25, 0.3) is 11.9 Å². The van der Waals surface area contributed by atoms with E-state index in [9.17, 15) is 4.79 Å². The van der Waals surface area contributed by atoms with Crippen LogP contribution in [0.15, 0.2) is 47.9 Å². The number of nitrogens with one attached hydrogen (secondary N) is 1. The molecule has 4 rings (SSSR count). The van der Waals surface area contributed by atoms with E-state index in [4.69, 9.17) is 23.2 Å². The van der Waals surface area contributed by atoms with E-state index in [1.165, 1.54) is 23.0 Å². The second-order valence-electron chi connectivity index (χ2n) is 6.57. The summed E-state index contributed by atoms with van der Waals surface area (Å²) in [7, 11) is 0. The Labute approximate surface area is 181 Å². The van der Waals surface area contributed by atoms with Gasteiger partial charge < -0.3 is 0 Å². The van der Waals surface area contributed by atoms with Crippen molar-refractivity contribution < 1.29 is 4.79 Å². The molecule has 0 saturated heterocycles. The smallest absolute Gasteiger partial charge is 0.250 e. The van der Waals surface area contributed by atoms with Gasteiger partial charge in [0.05, 0.1) is 15.7 Å². The molecular formula is C21H16Cl2N4OS. The summed E-state index contributed by atoms with van der Waals surface area (Å²) < 4.78 is 1.75. The van der Waals surface area contributed by atoms with Gasteiger partial charge in [-0.15, -0.1) is 16.4 Å². The average Bonchev–Trinajstić information content (AvgIpc) is 3.23. The Kier molecular flexibility index (Phi) is 5.41. The Morgan fingerprint density at radius 2 is 1.97 bits per heavy atom. The molecule has 0 bridgehead atoms. The maximum atomic E-state index is 12.2. The summed E-state index contributed by atoms with van der Waals surface area (Å²) in [4.78, 5) is 17.3. The van der Waals surface area contributed by atoms with Gasteiger partial charge in [0.2, 0.25) is 4.96 Å². The molecular weight excluding hydrogens is 427 g/mol. The van der Waals surface area contributed by atoms with E-state index in [2.05, 4.69) is 47.4 Å². The van der Waals surface area contributed by atoms with E-state index < -0.39 is 0 Å². The number of aromatic nitrogens is 3. The summed E-state index contributed by atoms with van der Waals surface area (Å²) in [5.74, 6) is -0.0750.